The van der Waals surface area contributed by atoms with Crippen molar-refractivity contribution in [3.05, 3.63) is 29.6 Å². The van der Waals surface area contributed by atoms with Crippen LogP contribution in [0.15, 0.2) is 18.4 Å². The van der Waals surface area contributed by atoms with Gasteiger partial charge in [0.25, 0.3) is 0 Å². The molecule has 0 spiro atoms. The number of H-pyrrole nitrogens is 1. The first-order valence-corrected chi connectivity index (χ1v) is 9.03. The van der Waals surface area contributed by atoms with E-state index in [-0.39, 0.29) is 22.7 Å². The fourth-order valence-electron chi connectivity index (χ4n) is 3.49. The molecular weight excluding hydrogens is 366 g/mol. The van der Waals surface area contributed by atoms with Gasteiger partial charge in [-0.05, 0) is 25.0 Å². The molecule has 0 bridgehead atoms. The third-order valence-electron chi connectivity index (χ3n) is 5.13. The van der Waals surface area contributed by atoms with Gasteiger partial charge in [-0.25, -0.2) is 4.98 Å². The van der Waals surface area contributed by atoms with Crippen molar-refractivity contribution in [3.63, 3.8) is 0 Å². The van der Waals surface area contributed by atoms with E-state index in [2.05, 4.69) is 10.1 Å². The van der Waals surface area contributed by atoms with Crippen LogP contribution < -0.4 is 5.49 Å². The Labute approximate surface area is 162 Å². The fraction of sp³-hybridized carbons (Fsp3) is 0.556. The number of aromatic amines is 1. The van der Waals surface area contributed by atoms with Crippen LogP contribution in [0.3, 0.4) is 0 Å². The predicted molar refractivity (Wildman–Crippen MR) is 94.6 cm³/mol. The summed E-state index contributed by atoms with van der Waals surface area (Å²) in [7, 11) is 0. The first-order valence-electron chi connectivity index (χ1n) is 9.53. The quantitative estimate of drug-likeness (QED) is 0.504. The van der Waals surface area contributed by atoms with Gasteiger partial charge in [0.05, 0.1) is 19.6 Å². The van der Waals surface area contributed by atoms with Crippen molar-refractivity contribution in [1.82, 2.24) is 14.6 Å². The largest absolute Gasteiger partial charge is 0.455 e. The molecule has 0 amide bonds. The molecular formula is C18H23N5O5. The summed E-state index contributed by atoms with van der Waals surface area (Å²) in [5, 5.41) is 41.0. The lowest BCUT2D eigenvalue weighted by Gasteiger charge is -2.29. The number of aliphatic hydroxyl groups excluding tert-OH is 2. The Morgan fingerprint density at radius 1 is 1.64 bits per heavy atom. The number of ether oxygens (including phenoxy) is 2. The molecule has 0 radical (unpaired) electrons. The van der Waals surface area contributed by atoms with E-state index < -0.39 is 42.4 Å². The molecule has 4 N–H and O–H groups in total. The van der Waals surface area contributed by atoms with Crippen LogP contribution in [0.2, 0.25) is 0 Å². The number of nitriles is 1. The number of aliphatic hydroxyl groups is 2. The summed E-state index contributed by atoms with van der Waals surface area (Å²) in [6.45, 7) is 3.06. The summed E-state index contributed by atoms with van der Waals surface area (Å²) >= 11 is 0. The molecule has 10 heteroatoms. The predicted octanol–water partition coefficient (Wildman–Crippen LogP) is -0.0393. The number of esters is 1. The lowest BCUT2D eigenvalue weighted by atomic mass is 9.92. The molecule has 3 heterocycles. The van der Waals surface area contributed by atoms with E-state index in [9.17, 15) is 20.3 Å². The average Bonchev–Trinajstić information content (AvgIpc) is 3.19. The van der Waals surface area contributed by atoms with E-state index >= 15 is 0 Å². The first kappa shape index (κ1) is 18.6. The van der Waals surface area contributed by atoms with E-state index in [1.54, 1.807) is 0 Å². The van der Waals surface area contributed by atoms with Crippen LogP contribution in [-0.2, 0) is 19.9 Å². The topological polar surface area (TPSA) is 157 Å². The Bertz CT molecular complexity index is 1010. The molecule has 0 aliphatic carbocycles. The van der Waals surface area contributed by atoms with Gasteiger partial charge in [-0.15, -0.1) is 0 Å². The summed E-state index contributed by atoms with van der Waals surface area (Å²) < 4.78 is 20.7. The Morgan fingerprint density at radius 2 is 2.36 bits per heavy atom. The summed E-state index contributed by atoms with van der Waals surface area (Å²) in [6, 6.07) is 3.16. The Balaban J connectivity index is 2.17. The highest BCUT2D eigenvalue weighted by molar-refractivity contribution is 5.72. The molecule has 0 aromatic carbocycles. The van der Waals surface area contributed by atoms with Crippen LogP contribution in [-0.4, -0.2) is 55.7 Å². The summed E-state index contributed by atoms with van der Waals surface area (Å²) in [5.74, 6) is -1.00. The second-order valence-electron chi connectivity index (χ2n) is 6.64. The summed E-state index contributed by atoms with van der Waals surface area (Å²) in [6.07, 6.45) is -1.82. The van der Waals surface area contributed by atoms with Crippen molar-refractivity contribution in [3.8, 4) is 6.07 Å². The van der Waals surface area contributed by atoms with Gasteiger partial charge in [-0.1, -0.05) is 13.8 Å². The van der Waals surface area contributed by atoms with Crippen LogP contribution >= 0.6 is 0 Å². The van der Waals surface area contributed by atoms with E-state index in [0.717, 1.165) is 0 Å². The van der Waals surface area contributed by atoms with Crippen molar-refractivity contribution in [1.29, 1.82) is 10.7 Å². The van der Waals surface area contributed by atoms with Crippen molar-refractivity contribution in [2.24, 2.45) is 5.92 Å². The molecule has 0 saturated carbocycles. The molecule has 3 rings (SSSR count). The zero-order valence-electron chi connectivity index (χ0n) is 16.5. The maximum atomic E-state index is 12.6. The number of nitrogens with zero attached hydrogens (tertiary/aromatic N) is 3. The van der Waals surface area contributed by atoms with Crippen molar-refractivity contribution >= 4 is 11.5 Å². The molecule has 1 fully saturated rings. The number of aromatic nitrogens is 3. The van der Waals surface area contributed by atoms with E-state index in [1.807, 2.05) is 19.9 Å². The van der Waals surface area contributed by atoms with Gasteiger partial charge >= 0.3 is 5.97 Å². The maximum absolute atomic E-state index is 12.6. The van der Waals surface area contributed by atoms with Crippen LogP contribution in [0.4, 0.5) is 0 Å². The zero-order chi connectivity index (χ0) is 21.3. The monoisotopic (exact) mass is 390 g/mol. The summed E-state index contributed by atoms with van der Waals surface area (Å²) in [4.78, 5) is 16.4. The molecule has 0 unspecified atom stereocenters. The van der Waals surface area contributed by atoms with Crippen LogP contribution in [0.1, 0.15) is 33.8 Å². The van der Waals surface area contributed by atoms with Gasteiger partial charge in [0.15, 0.2) is 11.6 Å². The lowest BCUT2D eigenvalue weighted by Crippen LogP contribution is -2.45. The molecule has 10 nitrogen and oxygen atoms in total. The number of carbonyl (C=O) groups excluding carboxylic acids is 1. The zero-order valence-corrected chi connectivity index (χ0v) is 15.5. The van der Waals surface area contributed by atoms with Crippen molar-refractivity contribution in [2.45, 2.75) is 50.6 Å². The van der Waals surface area contributed by atoms with E-state index in [1.165, 1.54) is 16.9 Å². The molecule has 28 heavy (non-hydrogen) atoms. The van der Waals surface area contributed by atoms with Gasteiger partial charge in [0.2, 0.25) is 5.60 Å². The second-order valence-corrected chi connectivity index (χ2v) is 6.64. The standard InChI is InChI=1S/C18H23N5O5/c1-3-10(4-2)17(26)27-15-14(25)12(7-24)28-18(15,8-19)13-6-5-11-16(20)21-9-22-23(11)13/h5-6,9-10,12,14-15,24-25H,3-4,7H2,1-2H3,(H2,20,21,22)/t12-,14-,15-,18+/m1/s1/i5D. The lowest BCUT2D eigenvalue weighted by molar-refractivity contribution is -0.165. The number of nitrogens with one attached hydrogen (secondary N) is 2. The maximum Gasteiger partial charge on any atom is 0.309 e. The van der Waals surface area contributed by atoms with Crippen molar-refractivity contribution in [2.75, 3.05) is 6.61 Å². The Hall–Kier alpha value is -2.74. The smallest absolute Gasteiger partial charge is 0.309 e. The van der Waals surface area contributed by atoms with Gasteiger partial charge < -0.3 is 19.7 Å². The average molecular weight is 390 g/mol. The van der Waals surface area contributed by atoms with Gasteiger partial charge in [-0.2, -0.15) is 5.26 Å². The van der Waals surface area contributed by atoms with Crippen LogP contribution in [0, 0.1) is 22.7 Å². The first-order chi connectivity index (χ1) is 13.8. The van der Waals surface area contributed by atoms with E-state index in [4.69, 9.17) is 16.3 Å². The minimum Gasteiger partial charge on any atom is -0.455 e. The molecule has 150 valence electrons. The highest BCUT2D eigenvalue weighted by atomic mass is 16.6. The number of fused-ring (bicyclic) bond motifs is 1. The fourth-order valence-corrected chi connectivity index (χ4v) is 3.49. The highest BCUT2D eigenvalue weighted by Gasteiger charge is 2.60. The molecule has 2 aromatic rings. The van der Waals surface area contributed by atoms with Gasteiger partial charge in [0, 0.05) is 0 Å². The number of hydrogen-bond donors (Lipinski definition) is 4. The molecule has 1 saturated heterocycles. The number of rotatable bonds is 6. The van der Waals surface area contributed by atoms with Crippen LogP contribution in [0.25, 0.3) is 5.52 Å². The Morgan fingerprint density at radius 3 is 2.96 bits per heavy atom. The molecule has 1 aliphatic heterocycles. The minimum absolute atomic E-state index is 0.0632. The molecule has 1 aliphatic rings. The van der Waals surface area contributed by atoms with E-state index in [0.29, 0.717) is 12.8 Å². The second kappa shape index (κ2) is 7.71. The van der Waals surface area contributed by atoms with Gasteiger partial charge in [-0.3, -0.25) is 19.8 Å². The number of hydrogen-bond acceptors (Lipinski definition) is 8. The minimum atomic E-state index is -2.00. The third kappa shape index (κ3) is 2.97. The molecule has 2 aromatic heterocycles. The highest BCUT2D eigenvalue weighted by Crippen LogP contribution is 2.42. The molecule has 4 atom stereocenters. The van der Waals surface area contributed by atoms with Gasteiger partial charge in [0.1, 0.15) is 30.1 Å². The SMILES string of the molecule is [2H]c1cc([C@]2(C#N)O[C@H](CO)[C@@H](O)[C@H]2OC(=O)C(CC)CC)n2[nH]cnc(=N)c12. The normalized spacial score (nSPS) is 27.7. The van der Waals surface area contributed by atoms with Crippen LogP contribution in [0.5, 0.6) is 0 Å². The summed E-state index contributed by atoms with van der Waals surface area (Å²) in [5.41, 5.74) is -2.04. The van der Waals surface area contributed by atoms with Crippen molar-refractivity contribution < 1.29 is 25.9 Å². The Kier molecular flexibility index (Phi) is 5.13. The third-order valence-corrected chi connectivity index (χ3v) is 5.13. The number of carbonyl (C=O) groups is 1.